The Morgan fingerprint density at radius 2 is 1.87 bits per heavy atom. The smallest absolute Gasteiger partial charge is 0.163 e. The van der Waals surface area contributed by atoms with Gasteiger partial charge in [-0.2, -0.15) is 0 Å². The van der Waals surface area contributed by atoms with E-state index < -0.39 is 0 Å². The average Bonchev–Trinajstić information content (AvgIpc) is 2.47. The Morgan fingerprint density at radius 1 is 1.20 bits per heavy atom. The maximum atomic E-state index is 4.56. The normalized spacial score (nSPS) is 12.3. The van der Waals surface area contributed by atoms with Crippen LogP contribution in [0.2, 0.25) is 0 Å². The standard InChI is InChI=1S/C11H16N4/c1-7-8-9(15(5)6-12-8)14-10(13-7)11(2,3)4/h6H,1-5H3. The molecule has 0 saturated heterocycles. The summed E-state index contributed by atoms with van der Waals surface area (Å²) in [5, 5.41) is 0. The maximum Gasteiger partial charge on any atom is 0.163 e. The molecule has 0 aliphatic carbocycles. The topological polar surface area (TPSA) is 43.6 Å². The van der Waals surface area contributed by atoms with Crippen molar-refractivity contribution in [1.29, 1.82) is 0 Å². The van der Waals surface area contributed by atoms with Gasteiger partial charge in [0.1, 0.15) is 11.3 Å². The highest BCUT2D eigenvalue weighted by atomic mass is 15.1. The Morgan fingerprint density at radius 3 is 2.47 bits per heavy atom. The number of fused-ring (bicyclic) bond motifs is 1. The second-order valence-corrected chi connectivity index (χ2v) is 4.91. The summed E-state index contributed by atoms with van der Waals surface area (Å²) < 4.78 is 1.93. The van der Waals surface area contributed by atoms with Crippen LogP contribution in [0.1, 0.15) is 32.3 Å². The van der Waals surface area contributed by atoms with Crippen LogP contribution in [0.25, 0.3) is 11.2 Å². The van der Waals surface area contributed by atoms with Gasteiger partial charge in [0.2, 0.25) is 0 Å². The summed E-state index contributed by atoms with van der Waals surface area (Å²) in [7, 11) is 1.95. The molecule has 80 valence electrons. The Kier molecular flexibility index (Phi) is 2.03. The van der Waals surface area contributed by atoms with Crippen LogP contribution in [-0.4, -0.2) is 19.5 Å². The molecule has 0 aliphatic rings. The number of nitrogens with zero attached hydrogens (tertiary/aromatic N) is 4. The van der Waals surface area contributed by atoms with Crippen molar-refractivity contribution >= 4 is 11.2 Å². The van der Waals surface area contributed by atoms with Gasteiger partial charge in [-0.3, -0.25) is 0 Å². The third kappa shape index (κ3) is 1.60. The molecule has 0 bridgehead atoms. The zero-order chi connectivity index (χ0) is 11.2. The number of imidazole rings is 1. The molecule has 4 heteroatoms. The first kappa shape index (κ1) is 10.1. The lowest BCUT2D eigenvalue weighted by molar-refractivity contribution is 0.545. The SMILES string of the molecule is Cc1nc(C(C)(C)C)nc2c1ncn2C. The molecule has 2 aromatic heterocycles. The van der Waals surface area contributed by atoms with Gasteiger partial charge in [0.25, 0.3) is 0 Å². The molecule has 4 nitrogen and oxygen atoms in total. The first-order valence-corrected chi connectivity index (χ1v) is 5.06. The Labute approximate surface area is 89.4 Å². The van der Waals surface area contributed by atoms with Crippen molar-refractivity contribution in [3.8, 4) is 0 Å². The zero-order valence-corrected chi connectivity index (χ0v) is 9.87. The minimum Gasteiger partial charge on any atom is -0.318 e. The van der Waals surface area contributed by atoms with E-state index in [1.54, 1.807) is 6.33 Å². The summed E-state index contributed by atoms with van der Waals surface area (Å²) in [5.41, 5.74) is 2.73. The molecule has 0 unspecified atom stereocenters. The molecular formula is C11H16N4. The van der Waals surface area contributed by atoms with E-state index >= 15 is 0 Å². The third-order valence-corrected chi connectivity index (χ3v) is 2.40. The zero-order valence-electron chi connectivity index (χ0n) is 9.87. The van der Waals surface area contributed by atoms with Crippen molar-refractivity contribution in [2.75, 3.05) is 0 Å². The molecule has 0 atom stereocenters. The molecule has 0 amide bonds. The second kappa shape index (κ2) is 3.02. The minimum absolute atomic E-state index is 0.0246. The molecule has 0 spiro atoms. The molecule has 2 rings (SSSR count). The molecule has 0 N–H and O–H groups in total. The van der Waals surface area contributed by atoms with Crippen LogP contribution in [0.3, 0.4) is 0 Å². The minimum atomic E-state index is -0.0246. The van der Waals surface area contributed by atoms with Crippen LogP contribution < -0.4 is 0 Å². The molecule has 15 heavy (non-hydrogen) atoms. The number of aromatic nitrogens is 4. The van der Waals surface area contributed by atoms with Gasteiger partial charge < -0.3 is 4.57 Å². The second-order valence-electron chi connectivity index (χ2n) is 4.91. The van der Waals surface area contributed by atoms with Gasteiger partial charge in [-0.1, -0.05) is 20.8 Å². The van der Waals surface area contributed by atoms with Gasteiger partial charge in [-0.25, -0.2) is 15.0 Å². The van der Waals surface area contributed by atoms with Crippen molar-refractivity contribution < 1.29 is 0 Å². The van der Waals surface area contributed by atoms with E-state index in [1.807, 2.05) is 18.5 Å². The largest absolute Gasteiger partial charge is 0.318 e. The lowest BCUT2D eigenvalue weighted by atomic mass is 9.95. The van der Waals surface area contributed by atoms with Crippen molar-refractivity contribution in [3.05, 3.63) is 17.8 Å². The molecule has 2 aromatic rings. The van der Waals surface area contributed by atoms with Gasteiger partial charge in [-0.05, 0) is 6.92 Å². The van der Waals surface area contributed by atoms with Gasteiger partial charge >= 0.3 is 0 Å². The fraction of sp³-hybridized carbons (Fsp3) is 0.545. The highest BCUT2D eigenvalue weighted by Crippen LogP contribution is 2.21. The van der Waals surface area contributed by atoms with Crippen LogP contribution in [0.15, 0.2) is 6.33 Å². The van der Waals surface area contributed by atoms with Crippen molar-refractivity contribution in [3.63, 3.8) is 0 Å². The molecule has 0 aromatic carbocycles. The number of hydrogen-bond acceptors (Lipinski definition) is 3. The maximum absolute atomic E-state index is 4.56. The van der Waals surface area contributed by atoms with Crippen LogP contribution >= 0.6 is 0 Å². The van der Waals surface area contributed by atoms with Crippen molar-refractivity contribution in [2.45, 2.75) is 33.1 Å². The fourth-order valence-electron chi connectivity index (χ4n) is 1.48. The van der Waals surface area contributed by atoms with Crippen LogP contribution in [0, 0.1) is 6.92 Å². The summed E-state index contributed by atoms with van der Waals surface area (Å²) in [6, 6.07) is 0. The van der Waals surface area contributed by atoms with Gasteiger partial charge in [-0.15, -0.1) is 0 Å². The molecule has 2 heterocycles. The molecule has 0 saturated carbocycles. The third-order valence-electron chi connectivity index (χ3n) is 2.40. The van der Waals surface area contributed by atoms with Gasteiger partial charge in [0, 0.05) is 12.5 Å². The first-order chi connectivity index (χ1) is 6.89. The summed E-state index contributed by atoms with van der Waals surface area (Å²) in [5.74, 6) is 0.871. The van der Waals surface area contributed by atoms with E-state index in [1.165, 1.54) is 0 Å². The predicted octanol–water partition coefficient (Wildman–Crippen LogP) is 1.97. The number of rotatable bonds is 0. The lowest BCUT2D eigenvalue weighted by Gasteiger charge is -2.16. The molecule has 0 aliphatic heterocycles. The number of hydrogen-bond donors (Lipinski definition) is 0. The Bertz CT molecular complexity index is 505. The monoisotopic (exact) mass is 204 g/mol. The quantitative estimate of drug-likeness (QED) is 0.659. The fourth-order valence-corrected chi connectivity index (χ4v) is 1.48. The highest BCUT2D eigenvalue weighted by Gasteiger charge is 2.19. The molecule has 0 radical (unpaired) electrons. The average molecular weight is 204 g/mol. The van der Waals surface area contributed by atoms with Crippen molar-refractivity contribution in [1.82, 2.24) is 19.5 Å². The first-order valence-electron chi connectivity index (χ1n) is 5.06. The molecular weight excluding hydrogens is 188 g/mol. The van der Waals surface area contributed by atoms with Crippen LogP contribution in [0.4, 0.5) is 0 Å². The highest BCUT2D eigenvalue weighted by molar-refractivity contribution is 5.73. The van der Waals surface area contributed by atoms with Crippen molar-refractivity contribution in [2.24, 2.45) is 7.05 Å². The lowest BCUT2D eigenvalue weighted by Crippen LogP contribution is -2.17. The van der Waals surface area contributed by atoms with E-state index in [0.717, 1.165) is 22.7 Å². The van der Waals surface area contributed by atoms with Gasteiger partial charge in [0.05, 0.1) is 12.0 Å². The predicted molar refractivity (Wildman–Crippen MR) is 59.7 cm³/mol. The van der Waals surface area contributed by atoms with E-state index in [0.29, 0.717) is 0 Å². The summed E-state index contributed by atoms with van der Waals surface area (Å²) in [4.78, 5) is 13.3. The van der Waals surface area contributed by atoms with E-state index in [2.05, 4.69) is 35.7 Å². The summed E-state index contributed by atoms with van der Waals surface area (Å²) >= 11 is 0. The summed E-state index contributed by atoms with van der Waals surface area (Å²) in [6.45, 7) is 8.32. The molecule has 0 fully saturated rings. The number of aryl methyl sites for hydroxylation is 2. The van der Waals surface area contributed by atoms with Crippen LogP contribution in [-0.2, 0) is 12.5 Å². The van der Waals surface area contributed by atoms with E-state index in [9.17, 15) is 0 Å². The van der Waals surface area contributed by atoms with E-state index in [4.69, 9.17) is 0 Å². The Hall–Kier alpha value is -1.45. The van der Waals surface area contributed by atoms with E-state index in [-0.39, 0.29) is 5.41 Å². The Balaban J connectivity index is 2.76. The summed E-state index contributed by atoms with van der Waals surface area (Å²) in [6.07, 6.45) is 1.78. The van der Waals surface area contributed by atoms with Gasteiger partial charge in [0.15, 0.2) is 5.65 Å². The van der Waals surface area contributed by atoms with Crippen LogP contribution in [0.5, 0.6) is 0 Å².